The van der Waals surface area contributed by atoms with E-state index >= 15 is 0 Å². The number of nitrogens with zero attached hydrogens (tertiary/aromatic N) is 1. The van der Waals surface area contributed by atoms with Crippen molar-refractivity contribution in [2.45, 2.75) is 19.8 Å². The number of rotatable bonds is 5. The van der Waals surface area contributed by atoms with Gasteiger partial charge < -0.3 is 4.74 Å². The van der Waals surface area contributed by atoms with E-state index in [-0.39, 0.29) is 18.2 Å². The van der Waals surface area contributed by atoms with Crippen molar-refractivity contribution in [1.29, 1.82) is 0 Å². The summed E-state index contributed by atoms with van der Waals surface area (Å²) < 4.78 is 18.7. The number of aryl methyl sites for hydroxylation is 1. The molecule has 0 aliphatic carbocycles. The van der Waals surface area contributed by atoms with E-state index in [1.165, 1.54) is 12.1 Å². The second-order valence-corrected chi connectivity index (χ2v) is 6.04. The molecule has 2 aromatic rings. The van der Waals surface area contributed by atoms with E-state index in [4.69, 9.17) is 4.74 Å². The van der Waals surface area contributed by atoms with Crippen molar-refractivity contribution < 1.29 is 13.9 Å². The van der Waals surface area contributed by atoms with E-state index < -0.39 is 0 Å². The predicted molar refractivity (Wildman–Crippen MR) is 79.3 cm³/mol. The van der Waals surface area contributed by atoms with Gasteiger partial charge in [-0.1, -0.05) is 22.0 Å². The molecular formula is C14H13BrFNO2S. The highest BCUT2D eigenvalue weighted by Crippen LogP contribution is 2.19. The Balaban J connectivity index is 1.82. The molecule has 0 spiro atoms. The number of hydrogen-bond acceptors (Lipinski definition) is 4. The molecule has 0 unspecified atom stereocenters. The van der Waals surface area contributed by atoms with Crippen LogP contribution in [0.3, 0.4) is 0 Å². The Morgan fingerprint density at radius 2 is 2.30 bits per heavy atom. The molecule has 0 saturated carbocycles. The highest BCUT2D eigenvalue weighted by Gasteiger charge is 2.09. The van der Waals surface area contributed by atoms with Gasteiger partial charge in [0.2, 0.25) is 0 Å². The molecule has 0 N–H and O–H groups in total. The molecule has 0 amide bonds. The molecule has 1 aromatic carbocycles. The lowest BCUT2D eigenvalue weighted by Crippen LogP contribution is -2.11. The average molecular weight is 358 g/mol. The van der Waals surface area contributed by atoms with Gasteiger partial charge >= 0.3 is 5.97 Å². The summed E-state index contributed by atoms with van der Waals surface area (Å²) in [5.41, 5.74) is 3.47. The number of ether oxygens (including phenoxy) is 1. The van der Waals surface area contributed by atoms with Gasteiger partial charge in [-0.25, -0.2) is 9.37 Å². The third kappa shape index (κ3) is 4.11. The highest BCUT2D eigenvalue weighted by molar-refractivity contribution is 9.10. The third-order valence-electron chi connectivity index (χ3n) is 2.79. The third-order valence-corrected chi connectivity index (χ3v) is 4.52. The molecule has 0 aliphatic heterocycles. The van der Waals surface area contributed by atoms with Crippen LogP contribution in [0.2, 0.25) is 0 Å². The van der Waals surface area contributed by atoms with Crippen molar-refractivity contribution in [2.75, 3.05) is 6.61 Å². The predicted octanol–water partition coefficient (Wildman–Crippen LogP) is 3.68. The molecule has 20 heavy (non-hydrogen) atoms. The maximum absolute atomic E-state index is 12.9. The molecule has 0 saturated heterocycles. The van der Waals surface area contributed by atoms with Crippen molar-refractivity contribution >= 4 is 33.2 Å². The number of halogens is 2. The fourth-order valence-electron chi connectivity index (χ4n) is 1.70. The first-order chi connectivity index (χ1) is 9.56. The van der Waals surface area contributed by atoms with Crippen LogP contribution in [0, 0.1) is 12.7 Å². The Labute approximate surface area is 128 Å². The summed E-state index contributed by atoms with van der Waals surface area (Å²) in [5, 5.41) is 0. The second kappa shape index (κ2) is 6.95. The second-order valence-electron chi connectivity index (χ2n) is 4.24. The van der Waals surface area contributed by atoms with Crippen LogP contribution in [0.1, 0.15) is 16.1 Å². The fourth-order valence-corrected chi connectivity index (χ4v) is 2.95. The van der Waals surface area contributed by atoms with Crippen LogP contribution in [0.15, 0.2) is 28.2 Å². The summed E-state index contributed by atoms with van der Waals surface area (Å²) in [6.07, 6.45) is 0.801. The van der Waals surface area contributed by atoms with Gasteiger partial charge in [0.25, 0.3) is 0 Å². The summed E-state index contributed by atoms with van der Waals surface area (Å²) in [7, 11) is 0. The van der Waals surface area contributed by atoms with Crippen LogP contribution in [0.5, 0.6) is 0 Å². The van der Waals surface area contributed by atoms with Gasteiger partial charge in [-0.05, 0) is 24.6 Å². The quantitative estimate of drug-likeness (QED) is 0.766. The molecule has 0 bridgehead atoms. The largest absolute Gasteiger partial charge is 0.465 e. The van der Waals surface area contributed by atoms with E-state index in [1.807, 2.05) is 6.92 Å². The van der Waals surface area contributed by atoms with Crippen LogP contribution in [-0.4, -0.2) is 17.6 Å². The van der Waals surface area contributed by atoms with Crippen LogP contribution in [0.25, 0.3) is 0 Å². The SMILES string of the molecule is Cc1ncsc1CCOC(=O)Cc1ccc(F)cc1Br. The van der Waals surface area contributed by atoms with Gasteiger partial charge in [-0.2, -0.15) is 0 Å². The standard InChI is InChI=1S/C14H13BrFNO2S/c1-9-13(20-8-17-9)4-5-19-14(18)6-10-2-3-11(16)7-12(10)15/h2-3,7-8H,4-6H2,1H3. The monoisotopic (exact) mass is 357 g/mol. The number of thiazole rings is 1. The Morgan fingerprint density at radius 3 is 2.95 bits per heavy atom. The minimum Gasteiger partial charge on any atom is -0.465 e. The smallest absolute Gasteiger partial charge is 0.310 e. The maximum atomic E-state index is 12.9. The van der Waals surface area contributed by atoms with Crippen molar-refractivity contribution in [2.24, 2.45) is 0 Å². The van der Waals surface area contributed by atoms with Crippen molar-refractivity contribution in [3.63, 3.8) is 0 Å². The van der Waals surface area contributed by atoms with Crippen LogP contribution >= 0.6 is 27.3 Å². The van der Waals surface area contributed by atoms with Crippen LogP contribution in [0.4, 0.5) is 4.39 Å². The van der Waals surface area contributed by atoms with Crippen molar-refractivity contribution in [3.8, 4) is 0 Å². The summed E-state index contributed by atoms with van der Waals surface area (Å²) in [6.45, 7) is 2.27. The molecule has 2 rings (SSSR count). The highest BCUT2D eigenvalue weighted by atomic mass is 79.9. The molecule has 0 radical (unpaired) electrons. The summed E-state index contributed by atoms with van der Waals surface area (Å²) in [5.74, 6) is -0.658. The molecule has 1 heterocycles. The molecule has 6 heteroatoms. The number of carbonyl (C=O) groups excluding carboxylic acids is 1. The van der Waals surface area contributed by atoms with Crippen molar-refractivity contribution in [1.82, 2.24) is 4.98 Å². The van der Waals surface area contributed by atoms with E-state index in [0.717, 1.165) is 10.6 Å². The van der Waals surface area contributed by atoms with E-state index in [9.17, 15) is 9.18 Å². The first kappa shape index (κ1) is 15.1. The Morgan fingerprint density at radius 1 is 1.50 bits per heavy atom. The van der Waals surface area contributed by atoms with Gasteiger partial charge in [-0.3, -0.25) is 4.79 Å². The zero-order valence-electron chi connectivity index (χ0n) is 10.9. The van der Waals surface area contributed by atoms with E-state index in [1.54, 1.807) is 22.9 Å². The Bertz CT molecular complexity index is 615. The molecule has 106 valence electrons. The van der Waals surface area contributed by atoms with Gasteiger partial charge in [-0.15, -0.1) is 11.3 Å². The Kier molecular flexibility index (Phi) is 5.25. The average Bonchev–Trinajstić information content (AvgIpc) is 2.79. The molecule has 1 aromatic heterocycles. The summed E-state index contributed by atoms with van der Waals surface area (Å²) >= 11 is 4.79. The molecule has 0 fully saturated rings. The van der Waals surface area contributed by atoms with Crippen LogP contribution < -0.4 is 0 Å². The fraction of sp³-hybridized carbons (Fsp3) is 0.286. The van der Waals surface area contributed by atoms with E-state index in [2.05, 4.69) is 20.9 Å². The first-order valence-electron chi connectivity index (χ1n) is 6.05. The lowest BCUT2D eigenvalue weighted by atomic mass is 10.1. The minimum atomic E-state index is -0.338. The maximum Gasteiger partial charge on any atom is 0.310 e. The molecule has 0 atom stereocenters. The number of benzene rings is 1. The molecule has 3 nitrogen and oxygen atoms in total. The topological polar surface area (TPSA) is 39.2 Å². The summed E-state index contributed by atoms with van der Waals surface area (Å²) in [4.78, 5) is 17.0. The minimum absolute atomic E-state index is 0.128. The van der Waals surface area contributed by atoms with Gasteiger partial charge in [0.15, 0.2) is 0 Å². The number of hydrogen-bond donors (Lipinski definition) is 0. The van der Waals surface area contributed by atoms with Gasteiger partial charge in [0.05, 0.1) is 24.2 Å². The molecule has 0 aliphatic rings. The Hall–Kier alpha value is -1.27. The first-order valence-corrected chi connectivity index (χ1v) is 7.72. The number of esters is 1. The van der Waals surface area contributed by atoms with Gasteiger partial charge in [0, 0.05) is 15.8 Å². The van der Waals surface area contributed by atoms with Crippen LogP contribution in [-0.2, 0) is 22.4 Å². The van der Waals surface area contributed by atoms with Gasteiger partial charge in [0.1, 0.15) is 5.82 Å². The normalized spacial score (nSPS) is 10.6. The zero-order chi connectivity index (χ0) is 14.5. The van der Waals surface area contributed by atoms with Crippen molar-refractivity contribution in [3.05, 3.63) is 50.1 Å². The molecular weight excluding hydrogens is 345 g/mol. The lowest BCUT2D eigenvalue weighted by Gasteiger charge is -2.06. The lowest BCUT2D eigenvalue weighted by molar-refractivity contribution is -0.142. The summed E-state index contributed by atoms with van der Waals surface area (Å²) in [6, 6.07) is 4.24. The number of aromatic nitrogens is 1. The number of carbonyl (C=O) groups is 1. The van der Waals surface area contributed by atoms with E-state index in [0.29, 0.717) is 23.1 Å². The zero-order valence-corrected chi connectivity index (χ0v) is 13.3.